The van der Waals surface area contributed by atoms with Gasteiger partial charge in [-0.3, -0.25) is 4.90 Å². The number of aromatic nitrogens is 2. The lowest BCUT2D eigenvalue weighted by atomic mass is 10.1. The Morgan fingerprint density at radius 1 is 1.08 bits per heavy atom. The molecule has 3 rings (SSSR count). The summed E-state index contributed by atoms with van der Waals surface area (Å²) >= 11 is 12.0. The van der Waals surface area contributed by atoms with Crippen molar-refractivity contribution in [2.24, 2.45) is 0 Å². The summed E-state index contributed by atoms with van der Waals surface area (Å²) in [7, 11) is 1.82. The minimum Gasteiger partial charge on any atom is -0.419 e. The van der Waals surface area contributed by atoms with E-state index in [0.29, 0.717) is 33.6 Å². The molecular formula is C18H15Cl2F2N3O. The first-order valence-electron chi connectivity index (χ1n) is 7.78. The Morgan fingerprint density at radius 3 is 2.54 bits per heavy atom. The Hall–Kier alpha value is -2.02. The molecule has 8 heteroatoms. The number of nitrogens with zero attached hydrogens (tertiary/aromatic N) is 3. The zero-order chi connectivity index (χ0) is 18.8. The summed E-state index contributed by atoms with van der Waals surface area (Å²) in [4.78, 5) is 1.88. The molecule has 0 N–H and O–H groups in total. The molecule has 0 bridgehead atoms. The van der Waals surface area contributed by atoms with E-state index in [1.165, 1.54) is 6.07 Å². The van der Waals surface area contributed by atoms with E-state index in [0.717, 1.165) is 6.07 Å². The van der Waals surface area contributed by atoms with Crippen molar-refractivity contribution in [3.63, 3.8) is 0 Å². The second-order valence-corrected chi connectivity index (χ2v) is 6.73. The summed E-state index contributed by atoms with van der Waals surface area (Å²) in [6.07, 6.45) is 0. The van der Waals surface area contributed by atoms with Crippen LogP contribution in [-0.2, 0) is 6.54 Å². The Labute approximate surface area is 159 Å². The molecule has 0 radical (unpaired) electrons. The van der Waals surface area contributed by atoms with Crippen LogP contribution in [0.4, 0.5) is 8.78 Å². The van der Waals surface area contributed by atoms with Crippen molar-refractivity contribution in [2.75, 3.05) is 7.05 Å². The second-order valence-electron chi connectivity index (χ2n) is 5.89. The van der Waals surface area contributed by atoms with Crippen molar-refractivity contribution in [2.45, 2.75) is 19.5 Å². The first-order valence-corrected chi connectivity index (χ1v) is 8.53. The van der Waals surface area contributed by atoms with Gasteiger partial charge in [-0.05, 0) is 49.9 Å². The SMILES string of the molecule is CC(c1ccc(F)c(F)c1)N(C)Cc1nnc(-c2ccc(Cl)cc2Cl)o1. The van der Waals surface area contributed by atoms with Crippen LogP contribution in [0.15, 0.2) is 40.8 Å². The van der Waals surface area contributed by atoms with Crippen LogP contribution in [0.5, 0.6) is 0 Å². The fraction of sp³-hybridized carbons (Fsp3) is 0.222. The summed E-state index contributed by atoms with van der Waals surface area (Å²) in [6.45, 7) is 2.21. The van der Waals surface area contributed by atoms with E-state index >= 15 is 0 Å². The molecule has 0 aliphatic rings. The standard InChI is InChI=1S/C18H15Cl2F2N3O/c1-10(11-3-6-15(21)16(22)7-11)25(2)9-17-23-24-18(26-17)13-5-4-12(19)8-14(13)20/h3-8,10H,9H2,1-2H3. The number of rotatable bonds is 5. The average molecular weight is 398 g/mol. The van der Waals surface area contributed by atoms with Crippen molar-refractivity contribution < 1.29 is 13.2 Å². The molecule has 2 aromatic carbocycles. The van der Waals surface area contributed by atoms with E-state index in [2.05, 4.69) is 10.2 Å². The quantitative estimate of drug-likeness (QED) is 0.568. The highest BCUT2D eigenvalue weighted by Gasteiger charge is 2.18. The third-order valence-corrected chi connectivity index (χ3v) is 4.65. The molecule has 1 heterocycles. The third-order valence-electron chi connectivity index (χ3n) is 4.10. The van der Waals surface area contributed by atoms with Gasteiger partial charge in [-0.25, -0.2) is 8.78 Å². The number of hydrogen-bond donors (Lipinski definition) is 0. The highest BCUT2D eigenvalue weighted by atomic mass is 35.5. The number of benzene rings is 2. The molecule has 26 heavy (non-hydrogen) atoms. The fourth-order valence-corrected chi connectivity index (χ4v) is 2.96. The van der Waals surface area contributed by atoms with E-state index in [-0.39, 0.29) is 11.9 Å². The van der Waals surface area contributed by atoms with Crippen LogP contribution < -0.4 is 0 Å². The van der Waals surface area contributed by atoms with E-state index < -0.39 is 11.6 Å². The third kappa shape index (κ3) is 4.03. The molecule has 0 saturated carbocycles. The summed E-state index contributed by atoms with van der Waals surface area (Å²) in [6, 6.07) is 8.65. The van der Waals surface area contributed by atoms with Crippen molar-refractivity contribution >= 4 is 23.2 Å². The molecule has 1 atom stereocenters. The summed E-state index contributed by atoms with van der Waals surface area (Å²) in [5, 5.41) is 8.95. The van der Waals surface area contributed by atoms with Crippen molar-refractivity contribution in [3.05, 3.63) is 69.5 Å². The van der Waals surface area contributed by atoms with Gasteiger partial charge in [-0.2, -0.15) is 0 Å². The van der Waals surface area contributed by atoms with Crippen LogP contribution >= 0.6 is 23.2 Å². The Morgan fingerprint density at radius 2 is 1.85 bits per heavy atom. The van der Waals surface area contributed by atoms with Gasteiger partial charge in [0.25, 0.3) is 0 Å². The van der Waals surface area contributed by atoms with E-state index in [9.17, 15) is 8.78 Å². The molecular weight excluding hydrogens is 383 g/mol. The van der Waals surface area contributed by atoms with Crippen molar-refractivity contribution in [1.82, 2.24) is 15.1 Å². The molecule has 1 aromatic heterocycles. The molecule has 3 aromatic rings. The zero-order valence-corrected chi connectivity index (χ0v) is 15.5. The molecule has 0 amide bonds. The van der Waals surface area contributed by atoms with E-state index in [4.69, 9.17) is 27.6 Å². The smallest absolute Gasteiger partial charge is 0.249 e. The molecule has 0 aliphatic heterocycles. The maximum absolute atomic E-state index is 13.4. The van der Waals surface area contributed by atoms with Crippen molar-refractivity contribution in [1.29, 1.82) is 0 Å². The van der Waals surface area contributed by atoms with Gasteiger partial charge in [0, 0.05) is 11.1 Å². The van der Waals surface area contributed by atoms with Crippen molar-refractivity contribution in [3.8, 4) is 11.5 Å². The Kier molecular flexibility index (Phi) is 5.55. The van der Waals surface area contributed by atoms with Crippen LogP contribution in [0.1, 0.15) is 24.4 Å². The van der Waals surface area contributed by atoms with Gasteiger partial charge in [0.15, 0.2) is 11.6 Å². The monoisotopic (exact) mass is 397 g/mol. The summed E-state index contributed by atoms with van der Waals surface area (Å²) in [5.41, 5.74) is 1.23. The summed E-state index contributed by atoms with van der Waals surface area (Å²) < 4.78 is 32.2. The van der Waals surface area contributed by atoms with Crippen LogP contribution in [0, 0.1) is 11.6 Å². The topological polar surface area (TPSA) is 42.2 Å². The van der Waals surface area contributed by atoms with Gasteiger partial charge in [-0.15, -0.1) is 10.2 Å². The van der Waals surface area contributed by atoms with Gasteiger partial charge in [-0.1, -0.05) is 29.3 Å². The van der Waals surface area contributed by atoms with Gasteiger partial charge in [0.2, 0.25) is 11.8 Å². The number of halogens is 4. The Balaban J connectivity index is 1.74. The highest BCUT2D eigenvalue weighted by molar-refractivity contribution is 6.36. The van der Waals surface area contributed by atoms with Crippen LogP contribution in [0.25, 0.3) is 11.5 Å². The molecule has 0 saturated heterocycles. The highest BCUT2D eigenvalue weighted by Crippen LogP contribution is 2.30. The summed E-state index contributed by atoms with van der Waals surface area (Å²) in [5.74, 6) is -1.08. The molecule has 0 fully saturated rings. The lowest BCUT2D eigenvalue weighted by molar-refractivity contribution is 0.228. The van der Waals surface area contributed by atoms with Crippen LogP contribution in [0.3, 0.4) is 0 Å². The predicted octanol–water partition coefficient (Wildman–Crippen LogP) is 5.51. The lowest BCUT2D eigenvalue weighted by Gasteiger charge is -2.23. The van der Waals surface area contributed by atoms with Gasteiger partial charge >= 0.3 is 0 Å². The van der Waals surface area contributed by atoms with Gasteiger partial charge in [0.05, 0.1) is 17.1 Å². The Bertz CT molecular complexity index is 933. The van der Waals surface area contributed by atoms with Gasteiger partial charge < -0.3 is 4.42 Å². The first-order chi connectivity index (χ1) is 12.3. The second kappa shape index (κ2) is 7.70. The van der Waals surface area contributed by atoms with E-state index in [1.807, 2.05) is 18.9 Å². The van der Waals surface area contributed by atoms with Crippen LogP contribution in [0.2, 0.25) is 10.0 Å². The molecule has 0 aliphatic carbocycles. The van der Waals surface area contributed by atoms with E-state index in [1.54, 1.807) is 24.3 Å². The largest absolute Gasteiger partial charge is 0.419 e. The normalized spacial score (nSPS) is 12.6. The average Bonchev–Trinajstić information content (AvgIpc) is 3.04. The number of hydrogen-bond acceptors (Lipinski definition) is 4. The van der Waals surface area contributed by atoms with Gasteiger partial charge in [0.1, 0.15) is 0 Å². The zero-order valence-electron chi connectivity index (χ0n) is 14.0. The first kappa shape index (κ1) is 18.8. The molecule has 1 unspecified atom stereocenters. The van der Waals surface area contributed by atoms with Crippen LogP contribution in [-0.4, -0.2) is 22.1 Å². The maximum atomic E-state index is 13.4. The molecule has 0 spiro atoms. The fourth-order valence-electron chi connectivity index (χ4n) is 2.47. The maximum Gasteiger partial charge on any atom is 0.249 e. The predicted molar refractivity (Wildman–Crippen MR) is 96.0 cm³/mol. The minimum atomic E-state index is -0.875. The lowest BCUT2D eigenvalue weighted by Crippen LogP contribution is -2.22. The molecule has 4 nitrogen and oxygen atoms in total. The molecule has 136 valence electrons. The minimum absolute atomic E-state index is 0.181.